The van der Waals surface area contributed by atoms with Crippen LogP contribution in [0.25, 0.3) is 0 Å². The lowest BCUT2D eigenvalue weighted by molar-refractivity contribution is 0.490. The van der Waals surface area contributed by atoms with E-state index in [0.717, 1.165) is 45.6 Å². The predicted octanol–water partition coefficient (Wildman–Crippen LogP) is 12.6. The second-order valence-electron chi connectivity index (χ2n) is 21.4. The number of hydrogen-bond donors (Lipinski definition) is 0. The van der Waals surface area contributed by atoms with E-state index in [1.165, 1.54) is 78.0 Å². The van der Waals surface area contributed by atoms with Crippen molar-refractivity contribution in [1.29, 1.82) is 0 Å². The van der Waals surface area contributed by atoms with Crippen molar-refractivity contribution in [3.05, 3.63) is 205 Å². The molecule has 0 aliphatic carbocycles. The zero-order valence-electron chi connectivity index (χ0n) is 39.8. The van der Waals surface area contributed by atoms with Crippen LogP contribution in [0.3, 0.4) is 0 Å². The molecule has 2 bridgehead atoms. The first-order chi connectivity index (χ1) is 33.5. The quantitative estimate of drug-likeness (QED) is 0.164. The molecule has 0 N–H and O–H groups in total. The molecule has 9 aromatic carbocycles. The Morgan fingerprint density at radius 3 is 0.942 bits per heavy atom. The van der Waals surface area contributed by atoms with Crippen molar-refractivity contribution in [1.82, 2.24) is 0 Å². The van der Waals surface area contributed by atoms with E-state index < -0.39 is 0 Å². The highest BCUT2D eigenvalue weighted by Crippen LogP contribution is 2.52. The van der Waals surface area contributed by atoms with Gasteiger partial charge in [-0.15, -0.1) is 0 Å². The Bertz CT molecular complexity index is 3350. The highest BCUT2D eigenvalue weighted by atomic mass is 16.5. The van der Waals surface area contributed by atoms with Crippen molar-refractivity contribution >= 4 is 114 Å². The van der Waals surface area contributed by atoms with Gasteiger partial charge in [-0.05, 0) is 158 Å². The standard InChI is InChI=1S/C62H50B2N4O/c1-61(2,3)39-33-51-57-53(35-39)67(43-25-15-9-16-26-43)49-38-50-46-37-45(49)63(57)59-47(65(51)41-21-11-7-12-22-41)29-19-31-55(59)69-56-32-20-30-48-60(56)64(46)58-52(66(48)42-23-13-8-14-24-42)34-40(62(4,5)6)36-54(58)68(50)44-27-17-10-18-28-44/h7-38H,1-6H3. The Kier molecular flexibility index (Phi) is 8.34. The fraction of sp³-hybridized carbons (Fsp3) is 0.129. The van der Waals surface area contributed by atoms with E-state index in [0.29, 0.717) is 0 Å². The van der Waals surface area contributed by atoms with E-state index >= 15 is 0 Å². The Balaban J connectivity index is 1.18. The van der Waals surface area contributed by atoms with Crippen molar-refractivity contribution in [2.24, 2.45) is 0 Å². The summed E-state index contributed by atoms with van der Waals surface area (Å²) < 4.78 is 7.71. The predicted molar refractivity (Wildman–Crippen MR) is 292 cm³/mol. The lowest BCUT2D eigenvalue weighted by Gasteiger charge is -2.48. The number of ether oxygens (including phenoxy) is 1. The van der Waals surface area contributed by atoms with Crippen LogP contribution in [0.1, 0.15) is 52.7 Å². The number of hydrogen-bond acceptors (Lipinski definition) is 5. The summed E-state index contributed by atoms with van der Waals surface area (Å²) >= 11 is 0. The maximum atomic E-state index is 7.71. The lowest BCUT2D eigenvalue weighted by Crippen LogP contribution is -2.66. The summed E-state index contributed by atoms with van der Waals surface area (Å²) in [6, 6.07) is 72.4. The molecule has 14 rings (SSSR count). The first-order valence-corrected chi connectivity index (χ1v) is 24.4. The summed E-state index contributed by atoms with van der Waals surface area (Å²) in [5.74, 6) is 1.74. The van der Waals surface area contributed by atoms with Crippen LogP contribution in [-0.4, -0.2) is 13.4 Å². The molecule has 0 saturated carbocycles. The second-order valence-corrected chi connectivity index (χ2v) is 21.4. The molecule has 9 aromatic rings. The SMILES string of the molecule is CC(C)(C)c1cc2c3c(c1)N(c1ccccc1)c1cccc4c1B3c1cc3c(cc1N2c1ccccc1)N(c1ccccc1)c1cc(C(C)(C)C)cc2c1B3c1c(cccc1N2c1ccccc1)O4. The second kappa shape index (κ2) is 14.3. The fourth-order valence-corrected chi connectivity index (χ4v) is 12.1. The molecule has 5 heterocycles. The van der Waals surface area contributed by atoms with Gasteiger partial charge in [-0.3, -0.25) is 0 Å². The molecule has 5 aliphatic heterocycles. The number of para-hydroxylation sites is 4. The smallest absolute Gasteiger partial charge is 0.256 e. The van der Waals surface area contributed by atoms with Gasteiger partial charge < -0.3 is 24.3 Å². The van der Waals surface area contributed by atoms with Gasteiger partial charge in [0.05, 0.1) is 0 Å². The van der Waals surface area contributed by atoms with Gasteiger partial charge in [-0.1, -0.05) is 133 Å². The molecule has 0 spiro atoms. The molecule has 0 unspecified atom stereocenters. The van der Waals surface area contributed by atoms with Gasteiger partial charge in [0, 0.05) is 68.2 Å². The lowest BCUT2D eigenvalue weighted by atomic mass is 9.29. The van der Waals surface area contributed by atoms with Crippen molar-refractivity contribution in [3.63, 3.8) is 0 Å². The minimum Gasteiger partial charge on any atom is -0.458 e. The van der Waals surface area contributed by atoms with E-state index in [4.69, 9.17) is 4.74 Å². The van der Waals surface area contributed by atoms with Crippen LogP contribution in [0.15, 0.2) is 194 Å². The molecule has 0 amide bonds. The molecule has 5 aliphatic rings. The first-order valence-electron chi connectivity index (χ1n) is 24.4. The van der Waals surface area contributed by atoms with Crippen LogP contribution in [-0.2, 0) is 10.8 Å². The van der Waals surface area contributed by atoms with Gasteiger partial charge in [-0.25, -0.2) is 0 Å². The third-order valence-corrected chi connectivity index (χ3v) is 15.2. The molecule has 0 fully saturated rings. The molecule has 0 atom stereocenters. The van der Waals surface area contributed by atoms with Crippen molar-refractivity contribution < 1.29 is 4.74 Å². The summed E-state index contributed by atoms with van der Waals surface area (Å²) in [5, 5.41) is 0. The molecule has 330 valence electrons. The average Bonchev–Trinajstić information content (AvgIpc) is 3.36. The minimum absolute atomic E-state index is 0.139. The highest BCUT2D eigenvalue weighted by molar-refractivity contribution is 7.03. The summed E-state index contributed by atoms with van der Waals surface area (Å²) in [4.78, 5) is 10.1. The van der Waals surface area contributed by atoms with Gasteiger partial charge in [-0.2, -0.15) is 0 Å². The third-order valence-electron chi connectivity index (χ3n) is 15.2. The van der Waals surface area contributed by atoms with Crippen molar-refractivity contribution in [2.45, 2.75) is 52.4 Å². The van der Waals surface area contributed by atoms with Gasteiger partial charge in [0.2, 0.25) is 0 Å². The molecule has 0 radical (unpaired) electrons. The van der Waals surface area contributed by atoms with Crippen LogP contribution < -0.4 is 57.1 Å². The molecule has 5 nitrogen and oxygen atoms in total. The Labute approximate surface area is 406 Å². The van der Waals surface area contributed by atoms with Crippen LogP contribution >= 0.6 is 0 Å². The zero-order valence-corrected chi connectivity index (χ0v) is 39.8. The van der Waals surface area contributed by atoms with E-state index in [2.05, 4.69) is 255 Å². The Hall–Kier alpha value is -7.89. The van der Waals surface area contributed by atoms with Gasteiger partial charge in [0.25, 0.3) is 13.4 Å². The number of anilines is 12. The maximum Gasteiger partial charge on any atom is 0.256 e. The maximum absolute atomic E-state index is 7.71. The zero-order chi connectivity index (χ0) is 46.5. The third kappa shape index (κ3) is 5.74. The fourth-order valence-electron chi connectivity index (χ4n) is 12.1. The summed E-state index contributed by atoms with van der Waals surface area (Å²) in [5.41, 5.74) is 23.6. The summed E-state index contributed by atoms with van der Waals surface area (Å²) in [7, 11) is 0. The monoisotopic (exact) mass is 888 g/mol. The number of nitrogens with zero attached hydrogens (tertiary/aromatic N) is 4. The topological polar surface area (TPSA) is 22.2 Å². The van der Waals surface area contributed by atoms with E-state index in [1.807, 2.05) is 0 Å². The summed E-state index contributed by atoms with van der Waals surface area (Å²) in [6.07, 6.45) is 0. The molecule has 7 heteroatoms. The molecule has 0 saturated heterocycles. The van der Waals surface area contributed by atoms with Crippen LogP contribution in [0.4, 0.5) is 68.2 Å². The van der Waals surface area contributed by atoms with Crippen LogP contribution in [0, 0.1) is 0 Å². The van der Waals surface area contributed by atoms with Crippen molar-refractivity contribution in [2.75, 3.05) is 19.6 Å². The number of benzene rings is 9. The minimum atomic E-state index is -0.140. The van der Waals surface area contributed by atoms with Crippen LogP contribution in [0.5, 0.6) is 11.5 Å². The van der Waals surface area contributed by atoms with E-state index in [-0.39, 0.29) is 24.3 Å². The molecule has 0 aromatic heterocycles. The summed E-state index contributed by atoms with van der Waals surface area (Å²) in [6.45, 7) is 13.7. The van der Waals surface area contributed by atoms with E-state index in [1.54, 1.807) is 0 Å². The molecular weight excluding hydrogens is 838 g/mol. The van der Waals surface area contributed by atoms with E-state index in [9.17, 15) is 0 Å². The average molecular weight is 889 g/mol. The van der Waals surface area contributed by atoms with Crippen LogP contribution in [0.2, 0.25) is 0 Å². The molecular formula is C62H50B2N4O. The number of rotatable bonds is 4. The largest absolute Gasteiger partial charge is 0.458 e. The van der Waals surface area contributed by atoms with Crippen molar-refractivity contribution in [3.8, 4) is 11.5 Å². The molecule has 69 heavy (non-hydrogen) atoms. The van der Waals surface area contributed by atoms with Gasteiger partial charge >= 0.3 is 0 Å². The first kappa shape index (κ1) is 40.2. The Morgan fingerprint density at radius 2 is 0.623 bits per heavy atom. The van der Waals surface area contributed by atoms with Gasteiger partial charge in [0.1, 0.15) is 11.5 Å². The normalized spacial score (nSPS) is 14.5. The Morgan fingerprint density at radius 1 is 0.304 bits per heavy atom. The highest BCUT2D eigenvalue weighted by Gasteiger charge is 2.51. The van der Waals surface area contributed by atoms with Gasteiger partial charge in [0.15, 0.2) is 0 Å².